The summed E-state index contributed by atoms with van der Waals surface area (Å²) in [6.07, 6.45) is 38.8. The maximum Gasteiger partial charge on any atom is 0.306 e. The largest absolute Gasteiger partial charge is 0.462 e. The molecule has 1 fully saturated rings. The first-order chi connectivity index (χ1) is 29.0. The molecule has 1 saturated heterocycles. The molecular weight excluding hydrogens is 789 g/mol. The Balaban J connectivity index is 2.53. The SMILES string of the molecule is CC/C=C/C/C=C/C/C=C/C/C=C/CCCCC(=O)O[C@H](COC(=O)CCCCC/C=C/C/C=C/C/C=C/C/C=C/CCC)CO[C@H]1O[C@H](CS(=O)(=O)O)[C@@H](O)C(O)C1O. The van der Waals surface area contributed by atoms with E-state index in [4.69, 9.17) is 18.9 Å². The lowest BCUT2D eigenvalue weighted by atomic mass is 10.00. The number of unbranched alkanes of at least 4 members (excludes halogenated alkanes) is 6. The molecule has 1 aliphatic rings. The predicted octanol–water partition coefficient (Wildman–Crippen LogP) is 8.66. The van der Waals surface area contributed by atoms with E-state index in [1.54, 1.807) is 0 Å². The predicted molar refractivity (Wildman–Crippen MR) is 237 cm³/mol. The first kappa shape index (κ1) is 54.6. The maximum atomic E-state index is 12.8. The number of ether oxygens (including phenoxy) is 4. The normalized spacial score (nSPS) is 21.1. The Morgan fingerprint density at radius 3 is 1.57 bits per heavy atom. The molecule has 1 rings (SSSR count). The van der Waals surface area contributed by atoms with Crippen LogP contribution in [-0.2, 0) is 38.7 Å². The van der Waals surface area contributed by atoms with Gasteiger partial charge in [-0.3, -0.25) is 14.1 Å². The number of aliphatic hydroxyl groups is 3. The van der Waals surface area contributed by atoms with Gasteiger partial charge in [0.1, 0.15) is 36.8 Å². The molecule has 0 spiro atoms. The Morgan fingerprint density at radius 2 is 1.05 bits per heavy atom. The van der Waals surface area contributed by atoms with Crippen molar-refractivity contribution in [2.75, 3.05) is 19.0 Å². The molecule has 6 atom stereocenters. The molecule has 1 aliphatic heterocycles. The monoisotopic (exact) mass is 862 g/mol. The number of hydrogen-bond donors (Lipinski definition) is 4. The molecule has 0 aliphatic carbocycles. The Labute approximate surface area is 360 Å². The average Bonchev–Trinajstić information content (AvgIpc) is 3.21. The summed E-state index contributed by atoms with van der Waals surface area (Å²) >= 11 is 0. The van der Waals surface area contributed by atoms with Gasteiger partial charge in [0, 0.05) is 12.8 Å². The number of esters is 2. The molecule has 0 aromatic rings. The fraction of sp³-hybridized carbons (Fsp3) is 0.617. The van der Waals surface area contributed by atoms with Crippen LogP contribution in [0.15, 0.2) is 97.2 Å². The second-order valence-corrected chi connectivity index (χ2v) is 16.1. The summed E-state index contributed by atoms with van der Waals surface area (Å²) < 4.78 is 53.9. The zero-order valence-electron chi connectivity index (χ0n) is 36.0. The number of rotatable bonds is 34. The van der Waals surface area contributed by atoms with Crippen molar-refractivity contribution in [1.82, 2.24) is 0 Å². The topological polar surface area (TPSA) is 186 Å². The minimum absolute atomic E-state index is 0.0984. The fourth-order valence-corrected chi connectivity index (χ4v) is 6.46. The maximum absolute atomic E-state index is 12.8. The highest BCUT2D eigenvalue weighted by molar-refractivity contribution is 7.85. The first-order valence-electron chi connectivity index (χ1n) is 21.8. The lowest BCUT2D eigenvalue weighted by molar-refractivity contribution is -0.297. The van der Waals surface area contributed by atoms with Gasteiger partial charge in [-0.15, -0.1) is 0 Å². The van der Waals surface area contributed by atoms with Gasteiger partial charge in [0.05, 0.1) is 6.61 Å². The fourth-order valence-electron chi connectivity index (χ4n) is 5.77. The van der Waals surface area contributed by atoms with Crippen LogP contribution >= 0.6 is 0 Å². The summed E-state index contributed by atoms with van der Waals surface area (Å²) in [5, 5.41) is 30.9. The standard InChI is InChI=1S/C47H74O12S/c1-3-5-7-9-11-13-15-17-19-20-22-23-25-27-29-31-33-35-42(48)56-37-40(38-57-47-46(52)45(51)44(50)41(59-47)39-60(53,54)55)58-43(49)36-34-32-30-28-26-24-21-18-16-14-12-10-8-6-4-2/h6-9,12-15,18-21,23,25-26,28,40-41,44-47,50-52H,3-5,10-11,16-17,22,24,27,29-39H2,1-2H3,(H,53,54,55)/b8-6+,9-7+,14-12+,15-13+,20-19+,21-18+,25-23+,28-26+/t40-,41-,44-,45?,46?,47+/m1/s1. The van der Waals surface area contributed by atoms with E-state index in [1.165, 1.54) is 6.42 Å². The number of carbonyl (C=O) groups is 2. The van der Waals surface area contributed by atoms with Gasteiger partial charge in [-0.1, -0.05) is 124 Å². The van der Waals surface area contributed by atoms with E-state index in [0.717, 1.165) is 83.5 Å². The second-order valence-electron chi connectivity index (χ2n) is 14.6. The molecule has 4 N–H and O–H groups in total. The highest BCUT2D eigenvalue weighted by Crippen LogP contribution is 2.24. The van der Waals surface area contributed by atoms with Crippen molar-refractivity contribution in [3.05, 3.63) is 97.2 Å². The first-order valence-corrected chi connectivity index (χ1v) is 23.4. The third kappa shape index (κ3) is 30.6. The van der Waals surface area contributed by atoms with Crippen molar-refractivity contribution < 1.29 is 56.8 Å². The minimum atomic E-state index is -4.62. The molecule has 12 nitrogen and oxygen atoms in total. The van der Waals surface area contributed by atoms with E-state index in [-0.39, 0.29) is 19.4 Å². The molecule has 60 heavy (non-hydrogen) atoms. The third-order valence-corrected chi connectivity index (χ3v) is 9.88. The molecule has 2 unspecified atom stereocenters. The van der Waals surface area contributed by atoms with E-state index in [1.807, 2.05) is 0 Å². The second kappa shape index (κ2) is 36.2. The minimum Gasteiger partial charge on any atom is -0.462 e. The van der Waals surface area contributed by atoms with E-state index < -0.39 is 71.2 Å². The van der Waals surface area contributed by atoms with Crippen LogP contribution in [0, 0.1) is 0 Å². The Hall–Kier alpha value is -3.43. The Morgan fingerprint density at radius 1 is 0.583 bits per heavy atom. The molecule has 0 bridgehead atoms. The Kier molecular flexibility index (Phi) is 33.0. The van der Waals surface area contributed by atoms with Crippen LogP contribution in [0.1, 0.15) is 129 Å². The molecule has 0 radical (unpaired) electrons. The van der Waals surface area contributed by atoms with Gasteiger partial charge in [0.15, 0.2) is 12.4 Å². The molecule has 0 aromatic heterocycles. The Bertz CT molecular complexity index is 1480. The van der Waals surface area contributed by atoms with Gasteiger partial charge in [-0.05, 0) is 89.9 Å². The van der Waals surface area contributed by atoms with E-state index in [0.29, 0.717) is 12.8 Å². The van der Waals surface area contributed by atoms with Gasteiger partial charge < -0.3 is 34.3 Å². The zero-order chi connectivity index (χ0) is 44.1. The van der Waals surface area contributed by atoms with Gasteiger partial charge in [0.2, 0.25) is 0 Å². The van der Waals surface area contributed by atoms with Gasteiger partial charge in [-0.2, -0.15) is 8.42 Å². The van der Waals surface area contributed by atoms with Crippen molar-refractivity contribution in [3.63, 3.8) is 0 Å². The highest BCUT2D eigenvalue weighted by Gasteiger charge is 2.46. The molecule has 13 heteroatoms. The molecule has 0 amide bonds. The number of aliphatic hydroxyl groups excluding tert-OH is 3. The molecule has 0 saturated carbocycles. The number of hydrogen-bond acceptors (Lipinski definition) is 11. The van der Waals surface area contributed by atoms with Crippen LogP contribution in [0.4, 0.5) is 0 Å². The third-order valence-electron chi connectivity index (χ3n) is 9.13. The summed E-state index contributed by atoms with van der Waals surface area (Å²) in [6.45, 7) is 3.49. The lowest BCUT2D eigenvalue weighted by Gasteiger charge is -2.40. The summed E-state index contributed by atoms with van der Waals surface area (Å²) in [5.41, 5.74) is 0. The lowest BCUT2D eigenvalue weighted by Crippen LogP contribution is -2.60. The number of allylic oxidation sites excluding steroid dienone is 16. The highest BCUT2D eigenvalue weighted by atomic mass is 32.2. The van der Waals surface area contributed by atoms with Crippen LogP contribution in [0.5, 0.6) is 0 Å². The van der Waals surface area contributed by atoms with E-state index in [9.17, 15) is 37.9 Å². The van der Waals surface area contributed by atoms with Gasteiger partial charge in [-0.25, -0.2) is 0 Å². The van der Waals surface area contributed by atoms with Crippen molar-refractivity contribution in [3.8, 4) is 0 Å². The van der Waals surface area contributed by atoms with Crippen LogP contribution < -0.4 is 0 Å². The van der Waals surface area contributed by atoms with Crippen LogP contribution in [0.3, 0.4) is 0 Å². The molecule has 340 valence electrons. The average molecular weight is 863 g/mol. The number of carbonyl (C=O) groups excluding carboxylic acids is 2. The smallest absolute Gasteiger partial charge is 0.306 e. The summed E-state index contributed by atoms with van der Waals surface area (Å²) in [7, 11) is -4.62. The van der Waals surface area contributed by atoms with Crippen molar-refractivity contribution >= 4 is 22.1 Å². The molecule has 1 heterocycles. The summed E-state index contributed by atoms with van der Waals surface area (Å²) in [4.78, 5) is 25.4. The quantitative estimate of drug-likeness (QED) is 0.0209. The van der Waals surface area contributed by atoms with Gasteiger partial charge in [0.25, 0.3) is 10.1 Å². The van der Waals surface area contributed by atoms with E-state index in [2.05, 4.69) is 111 Å². The summed E-state index contributed by atoms with van der Waals surface area (Å²) in [6, 6.07) is 0. The molecule has 0 aromatic carbocycles. The van der Waals surface area contributed by atoms with Gasteiger partial charge >= 0.3 is 11.9 Å². The van der Waals surface area contributed by atoms with Crippen molar-refractivity contribution in [1.29, 1.82) is 0 Å². The van der Waals surface area contributed by atoms with Crippen molar-refractivity contribution in [2.24, 2.45) is 0 Å². The van der Waals surface area contributed by atoms with Crippen molar-refractivity contribution in [2.45, 2.75) is 166 Å². The van der Waals surface area contributed by atoms with Crippen LogP contribution in [0.25, 0.3) is 0 Å². The molecular formula is C47H74O12S. The summed E-state index contributed by atoms with van der Waals surface area (Å²) in [5.74, 6) is -2.10. The van der Waals surface area contributed by atoms with Crippen LogP contribution in [-0.4, -0.2) is 96.0 Å². The van der Waals surface area contributed by atoms with E-state index >= 15 is 0 Å². The zero-order valence-corrected chi connectivity index (χ0v) is 36.8. The van der Waals surface area contributed by atoms with Crippen LogP contribution in [0.2, 0.25) is 0 Å².